The van der Waals surface area contributed by atoms with Gasteiger partial charge in [0.1, 0.15) is 6.04 Å². The zero-order valence-corrected chi connectivity index (χ0v) is 13.7. The molecule has 8 heteroatoms. The van der Waals surface area contributed by atoms with E-state index in [0.717, 1.165) is 15.1 Å². The van der Waals surface area contributed by atoms with Gasteiger partial charge >= 0.3 is 5.97 Å². The molecule has 0 spiro atoms. The first kappa shape index (κ1) is 17.6. The smallest absolute Gasteiger partial charge is 0.326 e. The van der Waals surface area contributed by atoms with Gasteiger partial charge < -0.3 is 16.2 Å². The van der Waals surface area contributed by atoms with Gasteiger partial charge in [0.05, 0.1) is 3.79 Å². The molecular weight excluding hydrogens is 360 g/mol. The molecule has 0 radical (unpaired) electrons. The molecule has 0 aromatic carbocycles. The largest absolute Gasteiger partial charge is 0.480 e. The Morgan fingerprint density at radius 2 is 2.05 bits per heavy atom. The maximum Gasteiger partial charge on any atom is 0.326 e. The number of carbonyl (C=O) groups excluding carboxylic acids is 2. The van der Waals surface area contributed by atoms with Crippen molar-refractivity contribution >= 4 is 45.1 Å². The Morgan fingerprint density at radius 1 is 1.33 bits per heavy atom. The monoisotopic (exact) mass is 376 g/mol. The predicted molar refractivity (Wildman–Crippen MR) is 83.0 cm³/mol. The molecule has 1 heterocycles. The van der Waals surface area contributed by atoms with Gasteiger partial charge in [-0.2, -0.15) is 0 Å². The van der Waals surface area contributed by atoms with E-state index < -0.39 is 17.9 Å². The quantitative estimate of drug-likeness (QED) is 0.608. The Labute approximate surface area is 134 Å². The van der Waals surface area contributed by atoms with Gasteiger partial charge in [0.2, 0.25) is 11.8 Å². The number of hydrogen-bond donors (Lipinski definition) is 3. The van der Waals surface area contributed by atoms with E-state index in [1.807, 2.05) is 12.1 Å². The van der Waals surface area contributed by atoms with Crippen molar-refractivity contribution in [3.8, 4) is 0 Å². The van der Waals surface area contributed by atoms with E-state index in [0.29, 0.717) is 6.42 Å². The van der Waals surface area contributed by atoms with Crippen molar-refractivity contribution < 1.29 is 19.5 Å². The van der Waals surface area contributed by atoms with Crippen molar-refractivity contribution in [2.45, 2.75) is 38.1 Å². The molecule has 0 unspecified atom stereocenters. The second-order valence-electron chi connectivity index (χ2n) is 4.52. The van der Waals surface area contributed by atoms with Crippen molar-refractivity contribution in [2.24, 2.45) is 5.73 Å². The van der Waals surface area contributed by atoms with E-state index >= 15 is 0 Å². The van der Waals surface area contributed by atoms with Crippen LogP contribution in [0.15, 0.2) is 15.9 Å². The first-order chi connectivity index (χ1) is 9.88. The van der Waals surface area contributed by atoms with Crippen LogP contribution in [-0.2, 0) is 20.8 Å². The Bertz CT molecular complexity index is 518. The number of carboxylic acids is 1. The molecule has 2 amide bonds. The lowest BCUT2D eigenvalue weighted by molar-refractivity contribution is -0.142. The molecule has 0 aliphatic carbocycles. The summed E-state index contributed by atoms with van der Waals surface area (Å²) in [6.45, 7) is 0. The van der Waals surface area contributed by atoms with Crippen molar-refractivity contribution in [3.05, 3.63) is 20.8 Å². The zero-order chi connectivity index (χ0) is 15.8. The number of hydrogen-bond acceptors (Lipinski definition) is 4. The second kappa shape index (κ2) is 8.78. The number of carboxylic acid groups (broad SMARTS) is 1. The average Bonchev–Trinajstić information content (AvgIpc) is 2.79. The molecule has 1 aromatic heterocycles. The lowest BCUT2D eigenvalue weighted by Gasteiger charge is -2.13. The number of amides is 2. The summed E-state index contributed by atoms with van der Waals surface area (Å²) in [5.41, 5.74) is 4.97. The summed E-state index contributed by atoms with van der Waals surface area (Å²) in [5, 5.41) is 11.4. The number of aliphatic carboxylic acids is 1. The van der Waals surface area contributed by atoms with Crippen LogP contribution in [0.2, 0.25) is 0 Å². The summed E-state index contributed by atoms with van der Waals surface area (Å²) in [7, 11) is 0. The molecule has 0 fully saturated rings. The summed E-state index contributed by atoms with van der Waals surface area (Å²) >= 11 is 4.98. The molecule has 1 rings (SSSR count). The van der Waals surface area contributed by atoms with Gasteiger partial charge in [-0.1, -0.05) is 0 Å². The molecular formula is C13H17BrN2O4S. The number of thiophene rings is 1. The third-order valence-electron chi connectivity index (χ3n) is 2.77. The third kappa shape index (κ3) is 7.24. The number of aryl methyl sites for hydroxylation is 1. The molecule has 21 heavy (non-hydrogen) atoms. The summed E-state index contributed by atoms with van der Waals surface area (Å²) < 4.78 is 1.04. The van der Waals surface area contributed by atoms with E-state index in [4.69, 9.17) is 10.8 Å². The minimum absolute atomic E-state index is 0.00821. The molecule has 4 N–H and O–H groups in total. The van der Waals surface area contributed by atoms with Crippen LogP contribution in [0.4, 0.5) is 0 Å². The highest BCUT2D eigenvalue weighted by Crippen LogP contribution is 2.23. The van der Waals surface area contributed by atoms with Gasteiger partial charge in [0, 0.05) is 17.7 Å². The van der Waals surface area contributed by atoms with E-state index in [9.17, 15) is 14.4 Å². The highest BCUT2D eigenvalue weighted by Gasteiger charge is 2.20. The predicted octanol–water partition coefficient (Wildman–Crippen LogP) is 1.67. The van der Waals surface area contributed by atoms with Crippen molar-refractivity contribution in [3.63, 3.8) is 0 Å². The minimum atomic E-state index is -1.16. The molecule has 1 atom stereocenters. The number of primary amides is 1. The highest BCUT2D eigenvalue weighted by atomic mass is 79.9. The Hall–Kier alpha value is -1.41. The van der Waals surface area contributed by atoms with E-state index in [1.165, 1.54) is 0 Å². The SMILES string of the molecule is NC(=O)CC[C@H](NC(=O)CCCc1ccc(Br)s1)C(=O)O. The topological polar surface area (TPSA) is 109 Å². The summed E-state index contributed by atoms with van der Waals surface area (Å²) in [5.74, 6) is -2.08. The van der Waals surface area contributed by atoms with Gasteiger partial charge in [0.25, 0.3) is 0 Å². The lowest BCUT2D eigenvalue weighted by Crippen LogP contribution is -2.41. The highest BCUT2D eigenvalue weighted by molar-refractivity contribution is 9.11. The number of rotatable bonds is 9. The van der Waals surface area contributed by atoms with Crippen LogP contribution in [0, 0.1) is 0 Å². The zero-order valence-electron chi connectivity index (χ0n) is 11.3. The van der Waals surface area contributed by atoms with E-state index in [2.05, 4.69) is 21.2 Å². The Balaban J connectivity index is 2.32. The molecule has 0 saturated carbocycles. The first-order valence-corrected chi connectivity index (χ1v) is 8.04. The van der Waals surface area contributed by atoms with Crippen LogP contribution in [0.1, 0.15) is 30.6 Å². The normalized spacial score (nSPS) is 11.9. The average molecular weight is 377 g/mol. The van der Waals surface area contributed by atoms with Crippen molar-refractivity contribution in [1.82, 2.24) is 5.32 Å². The van der Waals surface area contributed by atoms with Crippen LogP contribution in [0.5, 0.6) is 0 Å². The fourth-order valence-corrected chi connectivity index (χ4v) is 3.24. The summed E-state index contributed by atoms with van der Waals surface area (Å²) in [6.07, 6.45) is 1.59. The van der Waals surface area contributed by atoms with E-state index in [-0.39, 0.29) is 25.2 Å². The van der Waals surface area contributed by atoms with Crippen molar-refractivity contribution in [2.75, 3.05) is 0 Å². The van der Waals surface area contributed by atoms with Crippen LogP contribution in [0.25, 0.3) is 0 Å². The second-order valence-corrected chi connectivity index (χ2v) is 7.07. The van der Waals surface area contributed by atoms with Gasteiger partial charge in [-0.15, -0.1) is 11.3 Å². The third-order valence-corrected chi connectivity index (χ3v) is 4.45. The van der Waals surface area contributed by atoms with Crippen LogP contribution in [-0.4, -0.2) is 28.9 Å². The number of carbonyl (C=O) groups is 3. The molecule has 1 aromatic rings. The van der Waals surface area contributed by atoms with Gasteiger partial charge in [0.15, 0.2) is 0 Å². The number of halogens is 1. The number of nitrogens with two attached hydrogens (primary N) is 1. The molecule has 0 aliphatic rings. The maximum absolute atomic E-state index is 11.7. The van der Waals surface area contributed by atoms with Crippen molar-refractivity contribution in [1.29, 1.82) is 0 Å². The van der Waals surface area contributed by atoms with Crippen LogP contribution < -0.4 is 11.1 Å². The molecule has 0 saturated heterocycles. The van der Waals surface area contributed by atoms with Crippen LogP contribution in [0.3, 0.4) is 0 Å². The van der Waals surface area contributed by atoms with Gasteiger partial charge in [-0.25, -0.2) is 4.79 Å². The standard InChI is InChI=1S/C13H17BrN2O4S/c14-10-6-4-8(21-10)2-1-3-12(18)16-9(13(19)20)5-7-11(15)17/h4,6,9H,1-3,5,7H2,(H2,15,17)(H,16,18)(H,19,20)/t9-/m0/s1. The fraction of sp³-hybridized carbons (Fsp3) is 0.462. The molecule has 0 aliphatic heterocycles. The minimum Gasteiger partial charge on any atom is -0.480 e. The van der Waals surface area contributed by atoms with Gasteiger partial charge in [-0.05, 0) is 47.3 Å². The maximum atomic E-state index is 11.7. The Morgan fingerprint density at radius 3 is 2.57 bits per heavy atom. The number of nitrogens with one attached hydrogen (secondary N) is 1. The molecule has 0 bridgehead atoms. The van der Waals surface area contributed by atoms with E-state index in [1.54, 1.807) is 11.3 Å². The lowest BCUT2D eigenvalue weighted by atomic mass is 10.1. The van der Waals surface area contributed by atoms with Gasteiger partial charge in [-0.3, -0.25) is 9.59 Å². The summed E-state index contributed by atoms with van der Waals surface area (Å²) in [6, 6.07) is 2.87. The van der Waals surface area contributed by atoms with Crippen LogP contribution >= 0.6 is 27.3 Å². The summed E-state index contributed by atoms with van der Waals surface area (Å²) in [4.78, 5) is 34.5. The molecule has 6 nitrogen and oxygen atoms in total. The fourth-order valence-electron chi connectivity index (χ4n) is 1.72. The molecule has 116 valence electrons. The Kier molecular flexibility index (Phi) is 7.38. The first-order valence-electron chi connectivity index (χ1n) is 6.43.